The minimum atomic E-state index is 0.865. The Kier molecular flexibility index (Phi) is 8.20. The molecule has 0 bridgehead atoms. The summed E-state index contributed by atoms with van der Waals surface area (Å²) in [5, 5.41) is 0. The van der Waals surface area contributed by atoms with E-state index < -0.39 is 0 Å². The summed E-state index contributed by atoms with van der Waals surface area (Å²) in [6.07, 6.45) is 0. The molecule has 0 aliphatic carbocycles. The monoisotopic (exact) mass is 496 g/mol. The van der Waals surface area contributed by atoms with Crippen molar-refractivity contribution in [1.82, 2.24) is 0 Å². The first-order valence-electron chi connectivity index (χ1n) is 13.4. The highest BCUT2D eigenvalue weighted by Crippen LogP contribution is 2.23. The van der Waals surface area contributed by atoms with Crippen LogP contribution in [0.2, 0.25) is 0 Å². The highest BCUT2D eigenvalue weighted by molar-refractivity contribution is 5.49. The van der Waals surface area contributed by atoms with E-state index in [1.165, 1.54) is 44.8 Å². The first-order chi connectivity index (χ1) is 18.6. The van der Waals surface area contributed by atoms with Crippen molar-refractivity contribution in [3.63, 3.8) is 0 Å². The van der Waals surface area contributed by atoms with Gasteiger partial charge in [-0.05, 0) is 60.4 Å². The van der Waals surface area contributed by atoms with E-state index in [0.29, 0.717) is 0 Å². The second-order valence-corrected chi connectivity index (χ2v) is 10.2. The van der Waals surface area contributed by atoms with E-state index in [-0.39, 0.29) is 0 Å². The molecule has 0 heterocycles. The molecule has 0 N–H and O–H groups in total. The highest BCUT2D eigenvalue weighted by Gasteiger charge is 2.11. The van der Waals surface area contributed by atoms with E-state index >= 15 is 0 Å². The maximum absolute atomic E-state index is 2.45. The van der Waals surface area contributed by atoms with Crippen molar-refractivity contribution in [1.29, 1.82) is 0 Å². The molecule has 0 aliphatic rings. The molecule has 0 amide bonds. The van der Waals surface area contributed by atoms with Crippen LogP contribution in [0.1, 0.15) is 33.4 Å². The Balaban J connectivity index is 1.32. The van der Waals surface area contributed by atoms with Crippen LogP contribution >= 0.6 is 0 Å². The molecule has 5 rings (SSSR count). The summed E-state index contributed by atoms with van der Waals surface area (Å²) >= 11 is 0. The van der Waals surface area contributed by atoms with Gasteiger partial charge >= 0.3 is 0 Å². The lowest BCUT2D eigenvalue weighted by Crippen LogP contribution is -2.23. The van der Waals surface area contributed by atoms with Gasteiger partial charge in [0.05, 0.1) is 0 Å². The Labute approximate surface area is 227 Å². The minimum Gasteiger partial charge on any atom is -0.363 e. The predicted octanol–water partition coefficient (Wildman–Crippen LogP) is 8.72. The molecule has 0 saturated carbocycles. The summed E-state index contributed by atoms with van der Waals surface area (Å²) in [5.41, 5.74) is 10.3. The molecule has 5 aromatic carbocycles. The largest absolute Gasteiger partial charge is 0.363 e. The number of rotatable bonds is 10. The van der Waals surface area contributed by atoms with Gasteiger partial charge in [0, 0.05) is 37.6 Å². The predicted molar refractivity (Wildman–Crippen MR) is 161 cm³/mol. The Bertz CT molecular complexity index is 1280. The fourth-order valence-electron chi connectivity index (χ4n) is 4.77. The lowest BCUT2D eigenvalue weighted by Gasteiger charge is -2.27. The van der Waals surface area contributed by atoms with Crippen LogP contribution in [0.4, 0.5) is 11.4 Å². The van der Waals surface area contributed by atoms with Crippen LogP contribution in [0.3, 0.4) is 0 Å². The highest BCUT2D eigenvalue weighted by atomic mass is 15.1. The van der Waals surface area contributed by atoms with Crippen molar-refractivity contribution in [2.24, 2.45) is 0 Å². The molecule has 2 nitrogen and oxygen atoms in total. The van der Waals surface area contributed by atoms with Gasteiger partial charge < -0.3 is 9.80 Å². The van der Waals surface area contributed by atoms with Crippen molar-refractivity contribution in [3.8, 4) is 0 Å². The van der Waals surface area contributed by atoms with Crippen molar-refractivity contribution in [2.75, 3.05) is 9.80 Å². The second-order valence-electron chi connectivity index (χ2n) is 10.2. The zero-order chi connectivity index (χ0) is 26.2. The third-order valence-corrected chi connectivity index (χ3v) is 7.00. The number of para-hydroxylation sites is 2. The molecule has 0 saturated heterocycles. The lowest BCUT2D eigenvalue weighted by molar-refractivity contribution is 0.790. The SMILES string of the molecule is Cc1ccc(CN(Cc2ccc(CN(Cc3ccc(C)cc3)c3ccccc3)cc2)c2ccccc2)cc1. The number of aryl methyl sites for hydroxylation is 2. The maximum atomic E-state index is 2.45. The average molecular weight is 497 g/mol. The van der Waals surface area contributed by atoms with Gasteiger partial charge in [-0.2, -0.15) is 0 Å². The average Bonchev–Trinajstić information content (AvgIpc) is 2.96. The van der Waals surface area contributed by atoms with E-state index in [1.54, 1.807) is 0 Å². The summed E-state index contributed by atoms with van der Waals surface area (Å²) in [4.78, 5) is 4.90. The quantitative estimate of drug-likeness (QED) is 0.191. The molecule has 38 heavy (non-hydrogen) atoms. The number of benzene rings is 5. The van der Waals surface area contributed by atoms with Gasteiger partial charge in [-0.1, -0.05) is 120 Å². The van der Waals surface area contributed by atoms with Gasteiger partial charge in [-0.3, -0.25) is 0 Å². The zero-order valence-corrected chi connectivity index (χ0v) is 22.4. The molecule has 0 radical (unpaired) electrons. The summed E-state index contributed by atoms with van der Waals surface area (Å²) in [7, 11) is 0. The summed E-state index contributed by atoms with van der Waals surface area (Å²) in [5.74, 6) is 0. The van der Waals surface area contributed by atoms with Gasteiger partial charge in [0.15, 0.2) is 0 Å². The maximum Gasteiger partial charge on any atom is 0.0433 e. The molecule has 0 unspecified atom stereocenters. The van der Waals surface area contributed by atoms with Gasteiger partial charge in [-0.15, -0.1) is 0 Å². The summed E-state index contributed by atoms with van der Waals surface area (Å²) in [6.45, 7) is 7.77. The van der Waals surface area contributed by atoms with Crippen molar-refractivity contribution in [2.45, 2.75) is 40.0 Å². The van der Waals surface area contributed by atoms with E-state index in [2.05, 4.69) is 157 Å². The Morgan fingerprint density at radius 2 is 0.605 bits per heavy atom. The van der Waals surface area contributed by atoms with Crippen LogP contribution in [-0.4, -0.2) is 0 Å². The van der Waals surface area contributed by atoms with Crippen LogP contribution in [0.25, 0.3) is 0 Å². The fourth-order valence-corrected chi connectivity index (χ4v) is 4.77. The van der Waals surface area contributed by atoms with Crippen molar-refractivity contribution in [3.05, 3.63) is 167 Å². The zero-order valence-electron chi connectivity index (χ0n) is 22.4. The number of nitrogens with zero attached hydrogens (tertiary/aromatic N) is 2. The standard InChI is InChI=1S/C36H36N2/c1-29-13-17-31(18-14-29)25-37(35-9-5-3-6-10-35)27-33-21-23-34(24-22-33)28-38(36-11-7-4-8-12-36)26-32-19-15-30(2)16-20-32/h3-24H,25-28H2,1-2H3. The Morgan fingerprint density at radius 1 is 0.342 bits per heavy atom. The van der Waals surface area contributed by atoms with Gasteiger partial charge in [0.2, 0.25) is 0 Å². The van der Waals surface area contributed by atoms with Gasteiger partial charge in [-0.25, -0.2) is 0 Å². The molecule has 5 aromatic rings. The number of hydrogen-bond acceptors (Lipinski definition) is 2. The van der Waals surface area contributed by atoms with Gasteiger partial charge in [0.1, 0.15) is 0 Å². The Hall–Kier alpha value is -4.30. The molecule has 2 heteroatoms. The number of hydrogen-bond donors (Lipinski definition) is 0. The van der Waals surface area contributed by atoms with E-state index in [1.807, 2.05) is 0 Å². The molecule has 190 valence electrons. The van der Waals surface area contributed by atoms with Crippen LogP contribution < -0.4 is 9.80 Å². The van der Waals surface area contributed by atoms with E-state index in [0.717, 1.165) is 26.2 Å². The van der Waals surface area contributed by atoms with Crippen molar-refractivity contribution < 1.29 is 0 Å². The normalized spacial score (nSPS) is 10.8. The topological polar surface area (TPSA) is 6.48 Å². The molecule has 0 aliphatic heterocycles. The first-order valence-corrected chi connectivity index (χ1v) is 13.4. The minimum absolute atomic E-state index is 0.865. The summed E-state index contributed by atoms with van der Waals surface area (Å²) in [6, 6.07) is 48.3. The fraction of sp³-hybridized carbons (Fsp3) is 0.167. The van der Waals surface area contributed by atoms with Crippen LogP contribution in [-0.2, 0) is 26.2 Å². The van der Waals surface area contributed by atoms with E-state index in [9.17, 15) is 0 Å². The third-order valence-electron chi connectivity index (χ3n) is 7.00. The molecule has 0 atom stereocenters. The Morgan fingerprint density at radius 3 is 0.895 bits per heavy atom. The molecule has 0 aromatic heterocycles. The van der Waals surface area contributed by atoms with Crippen LogP contribution in [0, 0.1) is 13.8 Å². The summed E-state index contributed by atoms with van der Waals surface area (Å²) < 4.78 is 0. The second kappa shape index (κ2) is 12.3. The third kappa shape index (κ3) is 6.92. The molecular formula is C36H36N2. The van der Waals surface area contributed by atoms with E-state index in [4.69, 9.17) is 0 Å². The van der Waals surface area contributed by atoms with Crippen LogP contribution in [0.15, 0.2) is 133 Å². The molecule has 0 spiro atoms. The van der Waals surface area contributed by atoms with Gasteiger partial charge in [0.25, 0.3) is 0 Å². The molecule has 0 fully saturated rings. The smallest absolute Gasteiger partial charge is 0.0433 e. The lowest BCUT2D eigenvalue weighted by atomic mass is 10.1. The molecular weight excluding hydrogens is 460 g/mol. The van der Waals surface area contributed by atoms with Crippen LogP contribution in [0.5, 0.6) is 0 Å². The van der Waals surface area contributed by atoms with Crippen molar-refractivity contribution >= 4 is 11.4 Å². The first kappa shape index (κ1) is 25.4. The number of anilines is 2.